The molecule has 0 aliphatic rings. The third kappa shape index (κ3) is 11.4. The first-order valence-electron chi connectivity index (χ1n) is 13.2. The molecular formula is C31H44O5. The first kappa shape index (κ1) is 29.6. The molecule has 36 heavy (non-hydrogen) atoms. The van der Waals surface area contributed by atoms with Crippen molar-refractivity contribution < 1.29 is 24.1 Å². The monoisotopic (exact) mass is 496 g/mol. The van der Waals surface area contributed by atoms with E-state index < -0.39 is 5.60 Å². The maximum Gasteiger partial charge on any atom is 0.189 e. The second-order valence-corrected chi connectivity index (χ2v) is 8.83. The Labute approximate surface area is 217 Å². The van der Waals surface area contributed by atoms with Crippen molar-refractivity contribution in [1.82, 2.24) is 0 Å². The van der Waals surface area contributed by atoms with E-state index >= 15 is 0 Å². The zero-order valence-corrected chi connectivity index (χ0v) is 22.5. The molecule has 0 aromatic heterocycles. The molecule has 0 spiro atoms. The first-order valence-corrected chi connectivity index (χ1v) is 13.2. The quantitative estimate of drug-likeness (QED) is 0.130. The number of hydrogen-bond acceptors (Lipinski definition) is 5. The van der Waals surface area contributed by atoms with Gasteiger partial charge in [0.2, 0.25) is 0 Å². The predicted octanol–water partition coefficient (Wildman–Crippen LogP) is 7.73. The largest absolute Gasteiger partial charge is 0.467 e. The van der Waals surface area contributed by atoms with E-state index in [1.807, 2.05) is 38.1 Å². The molecule has 0 radical (unpaired) electrons. The van der Waals surface area contributed by atoms with Crippen molar-refractivity contribution in [1.29, 1.82) is 0 Å². The molecule has 0 atom stereocenters. The van der Waals surface area contributed by atoms with E-state index in [0.717, 1.165) is 49.7 Å². The van der Waals surface area contributed by atoms with Crippen LogP contribution in [0.2, 0.25) is 0 Å². The fourth-order valence-electron chi connectivity index (χ4n) is 3.74. The molecule has 0 aliphatic carbocycles. The van der Waals surface area contributed by atoms with Crippen LogP contribution in [0.4, 0.5) is 0 Å². The maximum atomic E-state index is 10.4. The van der Waals surface area contributed by atoms with E-state index in [1.54, 1.807) is 0 Å². The Morgan fingerprint density at radius 2 is 1.31 bits per heavy atom. The summed E-state index contributed by atoms with van der Waals surface area (Å²) in [5.74, 6) is 1.37. The Kier molecular flexibility index (Phi) is 14.0. The van der Waals surface area contributed by atoms with E-state index in [4.69, 9.17) is 18.9 Å². The van der Waals surface area contributed by atoms with Gasteiger partial charge in [0.05, 0.1) is 5.60 Å². The Morgan fingerprint density at radius 1 is 0.722 bits per heavy atom. The van der Waals surface area contributed by atoms with Crippen LogP contribution in [0.25, 0.3) is 18.2 Å². The average molecular weight is 497 g/mol. The molecule has 0 saturated heterocycles. The van der Waals surface area contributed by atoms with Gasteiger partial charge in [-0.3, -0.25) is 0 Å². The van der Waals surface area contributed by atoms with E-state index in [0.29, 0.717) is 24.7 Å². The van der Waals surface area contributed by atoms with Crippen molar-refractivity contribution in [3.63, 3.8) is 0 Å². The number of benzene rings is 2. The lowest BCUT2D eigenvalue weighted by molar-refractivity contribution is 0.0181. The van der Waals surface area contributed by atoms with Crippen LogP contribution in [0.5, 0.6) is 11.5 Å². The normalized spacial score (nSPS) is 12.0. The van der Waals surface area contributed by atoms with Gasteiger partial charge in [0, 0.05) is 19.3 Å². The molecule has 198 valence electrons. The highest BCUT2D eigenvalue weighted by Gasteiger charge is 2.20. The topological polar surface area (TPSA) is 57.2 Å². The molecule has 0 bridgehead atoms. The van der Waals surface area contributed by atoms with Gasteiger partial charge in [-0.05, 0) is 80.8 Å². The SMILES string of the molecule is CCOCOc1cc(/C=C/c2cccc(/C=C/CCCCC(O)(CC)CC)c2)cc(OCOCC)c1. The van der Waals surface area contributed by atoms with Crippen molar-refractivity contribution >= 4 is 18.2 Å². The molecule has 0 fully saturated rings. The molecule has 5 nitrogen and oxygen atoms in total. The zero-order valence-electron chi connectivity index (χ0n) is 22.5. The summed E-state index contributed by atoms with van der Waals surface area (Å²) in [5.41, 5.74) is 2.77. The van der Waals surface area contributed by atoms with Crippen molar-refractivity contribution in [2.24, 2.45) is 0 Å². The lowest BCUT2D eigenvalue weighted by Gasteiger charge is -2.24. The summed E-state index contributed by atoms with van der Waals surface area (Å²) in [6, 6.07) is 14.2. The highest BCUT2D eigenvalue weighted by atomic mass is 16.7. The van der Waals surface area contributed by atoms with Crippen molar-refractivity contribution in [2.75, 3.05) is 26.8 Å². The molecule has 2 aromatic rings. The second-order valence-electron chi connectivity index (χ2n) is 8.83. The Bertz CT molecular complexity index is 902. The number of ether oxygens (including phenoxy) is 4. The second kappa shape index (κ2) is 17.0. The summed E-state index contributed by atoms with van der Waals surface area (Å²) in [7, 11) is 0. The molecule has 0 amide bonds. The van der Waals surface area contributed by atoms with Crippen LogP contribution in [0.3, 0.4) is 0 Å². The van der Waals surface area contributed by atoms with Gasteiger partial charge in [-0.1, -0.05) is 62.8 Å². The molecule has 0 aliphatic heterocycles. The first-order chi connectivity index (χ1) is 17.5. The third-order valence-corrected chi connectivity index (χ3v) is 6.20. The van der Waals surface area contributed by atoms with Gasteiger partial charge < -0.3 is 24.1 Å². The van der Waals surface area contributed by atoms with Gasteiger partial charge in [0.25, 0.3) is 0 Å². The van der Waals surface area contributed by atoms with Crippen LogP contribution in [-0.2, 0) is 9.47 Å². The fourth-order valence-corrected chi connectivity index (χ4v) is 3.74. The van der Waals surface area contributed by atoms with Crippen LogP contribution in [0.15, 0.2) is 48.5 Å². The molecule has 1 N–H and O–H groups in total. The van der Waals surface area contributed by atoms with Crippen LogP contribution in [0.1, 0.15) is 82.9 Å². The van der Waals surface area contributed by atoms with Crippen LogP contribution >= 0.6 is 0 Å². The summed E-state index contributed by atoms with van der Waals surface area (Å²) < 4.78 is 22.0. The molecule has 2 aromatic carbocycles. The van der Waals surface area contributed by atoms with Crippen LogP contribution in [-0.4, -0.2) is 37.5 Å². The molecule has 5 heteroatoms. The van der Waals surface area contributed by atoms with Gasteiger partial charge >= 0.3 is 0 Å². The molecule has 0 unspecified atom stereocenters. The highest BCUT2D eigenvalue weighted by Crippen LogP contribution is 2.25. The summed E-state index contributed by atoms with van der Waals surface area (Å²) in [5, 5.41) is 10.4. The molecule has 0 heterocycles. The lowest BCUT2D eigenvalue weighted by Crippen LogP contribution is -2.26. The zero-order chi connectivity index (χ0) is 26.1. The maximum absolute atomic E-state index is 10.4. The van der Waals surface area contributed by atoms with Crippen molar-refractivity contribution in [3.05, 3.63) is 65.2 Å². The van der Waals surface area contributed by atoms with Gasteiger partial charge in [0.1, 0.15) is 11.5 Å². The minimum Gasteiger partial charge on any atom is -0.467 e. The van der Waals surface area contributed by atoms with Crippen molar-refractivity contribution in [3.8, 4) is 11.5 Å². The van der Waals surface area contributed by atoms with E-state index in [-0.39, 0.29) is 13.6 Å². The third-order valence-electron chi connectivity index (χ3n) is 6.20. The van der Waals surface area contributed by atoms with Crippen LogP contribution < -0.4 is 9.47 Å². The van der Waals surface area contributed by atoms with Crippen LogP contribution in [0, 0.1) is 0 Å². The fraction of sp³-hybridized carbons (Fsp3) is 0.484. The molecular weight excluding hydrogens is 452 g/mol. The number of allylic oxidation sites excluding steroid dienone is 1. The summed E-state index contributed by atoms with van der Waals surface area (Å²) >= 11 is 0. The minimum absolute atomic E-state index is 0.195. The number of aliphatic hydroxyl groups is 1. The highest BCUT2D eigenvalue weighted by molar-refractivity contribution is 5.72. The van der Waals surface area contributed by atoms with Crippen molar-refractivity contribution in [2.45, 2.75) is 71.8 Å². The Balaban J connectivity index is 1.98. The molecule has 2 rings (SSSR count). The van der Waals surface area contributed by atoms with E-state index in [1.165, 1.54) is 5.56 Å². The lowest BCUT2D eigenvalue weighted by atomic mass is 9.91. The smallest absolute Gasteiger partial charge is 0.189 e. The number of hydrogen-bond donors (Lipinski definition) is 1. The summed E-state index contributed by atoms with van der Waals surface area (Å²) in [6.45, 7) is 9.58. The molecule has 0 saturated carbocycles. The van der Waals surface area contributed by atoms with E-state index in [2.05, 4.69) is 56.3 Å². The predicted molar refractivity (Wildman–Crippen MR) is 149 cm³/mol. The van der Waals surface area contributed by atoms with Gasteiger partial charge in [-0.25, -0.2) is 0 Å². The average Bonchev–Trinajstić information content (AvgIpc) is 2.90. The van der Waals surface area contributed by atoms with Gasteiger partial charge in [-0.15, -0.1) is 0 Å². The standard InChI is InChI=1S/C31H44O5/c1-5-31(32,6-2)19-12-10-9-11-14-26-15-13-16-27(20-26)17-18-28-21-29(35-24-33-7-3)23-30(22-28)36-25-34-8-4/h11,13-18,20-23,32H,5-10,12,19,24-25H2,1-4H3/b14-11+,18-17+. The Morgan fingerprint density at radius 3 is 1.89 bits per heavy atom. The van der Waals surface area contributed by atoms with E-state index in [9.17, 15) is 5.11 Å². The summed E-state index contributed by atoms with van der Waals surface area (Å²) in [4.78, 5) is 0. The Hall–Kier alpha value is -2.60. The summed E-state index contributed by atoms with van der Waals surface area (Å²) in [6.07, 6.45) is 14.2. The number of unbranched alkanes of at least 4 members (excludes halogenated alkanes) is 2. The number of rotatable bonds is 18. The van der Waals surface area contributed by atoms with Gasteiger partial charge in [-0.2, -0.15) is 0 Å². The minimum atomic E-state index is -0.491. The van der Waals surface area contributed by atoms with Gasteiger partial charge in [0.15, 0.2) is 13.6 Å².